The van der Waals surface area contributed by atoms with Gasteiger partial charge in [0.2, 0.25) is 0 Å². The maximum atomic E-state index is 12.2. The molecule has 0 spiro atoms. The zero-order valence-electron chi connectivity index (χ0n) is 14.1. The van der Waals surface area contributed by atoms with Crippen molar-refractivity contribution in [3.8, 4) is 0 Å². The van der Waals surface area contributed by atoms with Crippen molar-refractivity contribution in [3.05, 3.63) is 0 Å². The van der Waals surface area contributed by atoms with E-state index in [1.165, 1.54) is 0 Å². The summed E-state index contributed by atoms with van der Waals surface area (Å²) in [7, 11) is 0. The van der Waals surface area contributed by atoms with Gasteiger partial charge in [-0.25, -0.2) is 4.79 Å². The summed E-state index contributed by atoms with van der Waals surface area (Å²) in [5.41, 5.74) is -0.516. The number of likely N-dealkylation sites (tertiary alicyclic amines) is 1. The summed E-state index contributed by atoms with van der Waals surface area (Å²) in [6.07, 6.45) is 2.01. The van der Waals surface area contributed by atoms with E-state index in [-0.39, 0.29) is 11.7 Å². The van der Waals surface area contributed by atoms with Gasteiger partial charge < -0.3 is 14.4 Å². The zero-order chi connectivity index (χ0) is 15.7. The van der Waals surface area contributed by atoms with Gasteiger partial charge in [-0.3, -0.25) is 4.90 Å². The molecule has 5 heteroatoms. The minimum Gasteiger partial charge on any atom is -0.444 e. The molecule has 2 rings (SSSR count). The number of hydrogen-bond acceptors (Lipinski definition) is 4. The molecule has 122 valence electrons. The van der Waals surface area contributed by atoms with Gasteiger partial charge in [-0.2, -0.15) is 0 Å². The van der Waals surface area contributed by atoms with Crippen LogP contribution in [-0.2, 0) is 9.47 Å². The van der Waals surface area contributed by atoms with Gasteiger partial charge in [-0.1, -0.05) is 0 Å². The quantitative estimate of drug-likeness (QED) is 0.746. The summed E-state index contributed by atoms with van der Waals surface area (Å²) in [6, 6.07) is 0.425. The van der Waals surface area contributed by atoms with Crippen molar-refractivity contribution in [1.29, 1.82) is 0 Å². The van der Waals surface area contributed by atoms with Crippen LogP contribution in [0.3, 0.4) is 0 Å². The zero-order valence-corrected chi connectivity index (χ0v) is 14.1. The van der Waals surface area contributed by atoms with Crippen LogP contribution in [0.5, 0.6) is 0 Å². The van der Waals surface area contributed by atoms with Crippen LogP contribution in [-0.4, -0.2) is 65.9 Å². The molecule has 2 aliphatic rings. The SMILES string of the molecule is CC(C)(C)OC(=O)N1CCC[C@@H](N2CCOC(C)(C)C2)C1. The predicted octanol–water partition coefficient (Wildman–Crippen LogP) is 2.50. The molecular formula is C16H30N2O3. The highest BCUT2D eigenvalue weighted by molar-refractivity contribution is 5.68. The van der Waals surface area contributed by atoms with Crippen molar-refractivity contribution in [2.45, 2.75) is 64.7 Å². The first-order valence-corrected chi connectivity index (χ1v) is 8.02. The van der Waals surface area contributed by atoms with Gasteiger partial charge in [0.1, 0.15) is 5.60 Å². The summed E-state index contributed by atoms with van der Waals surface area (Å²) in [4.78, 5) is 16.6. The number of amides is 1. The maximum absolute atomic E-state index is 12.2. The molecule has 0 saturated carbocycles. The van der Waals surface area contributed by atoms with Crippen molar-refractivity contribution in [3.63, 3.8) is 0 Å². The van der Waals surface area contributed by atoms with Crippen LogP contribution < -0.4 is 0 Å². The fourth-order valence-electron chi connectivity index (χ4n) is 3.11. The minimum absolute atomic E-state index is 0.0908. The summed E-state index contributed by atoms with van der Waals surface area (Å²) < 4.78 is 11.3. The summed E-state index contributed by atoms with van der Waals surface area (Å²) in [5.74, 6) is 0. The molecule has 2 fully saturated rings. The van der Waals surface area contributed by atoms with E-state index >= 15 is 0 Å². The Bertz CT molecular complexity index is 376. The van der Waals surface area contributed by atoms with E-state index in [2.05, 4.69) is 18.7 Å². The van der Waals surface area contributed by atoms with Crippen molar-refractivity contribution in [1.82, 2.24) is 9.80 Å². The molecule has 2 heterocycles. The molecule has 2 saturated heterocycles. The second-order valence-electron chi connectivity index (χ2n) is 7.80. The van der Waals surface area contributed by atoms with Crippen LogP contribution in [0.1, 0.15) is 47.5 Å². The number of piperidine rings is 1. The Morgan fingerprint density at radius 2 is 2.00 bits per heavy atom. The standard InChI is InChI=1S/C16H30N2O3/c1-15(2,3)21-14(19)17-8-6-7-13(11-17)18-9-10-20-16(4,5)12-18/h13H,6-12H2,1-5H3/t13-/m1/s1. The Hall–Kier alpha value is -0.810. The molecule has 0 N–H and O–H groups in total. The highest BCUT2D eigenvalue weighted by atomic mass is 16.6. The van der Waals surface area contributed by atoms with Crippen LogP contribution >= 0.6 is 0 Å². The average Bonchev–Trinajstić information content (AvgIpc) is 2.36. The van der Waals surface area contributed by atoms with Crippen LogP contribution in [0.2, 0.25) is 0 Å². The van der Waals surface area contributed by atoms with E-state index in [0.29, 0.717) is 6.04 Å². The van der Waals surface area contributed by atoms with E-state index in [0.717, 1.165) is 45.6 Å². The van der Waals surface area contributed by atoms with Gasteiger partial charge in [-0.05, 0) is 47.5 Å². The molecule has 0 radical (unpaired) electrons. The lowest BCUT2D eigenvalue weighted by Gasteiger charge is -2.45. The molecule has 0 aromatic rings. The van der Waals surface area contributed by atoms with E-state index in [9.17, 15) is 4.79 Å². The number of morpholine rings is 1. The lowest BCUT2D eigenvalue weighted by molar-refractivity contribution is -0.103. The lowest BCUT2D eigenvalue weighted by atomic mass is 10.00. The Kier molecular flexibility index (Phi) is 4.83. The first-order valence-electron chi connectivity index (χ1n) is 8.02. The van der Waals surface area contributed by atoms with E-state index in [4.69, 9.17) is 9.47 Å². The lowest BCUT2D eigenvalue weighted by Crippen LogP contribution is -2.57. The normalized spacial score (nSPS) is 27.5. The predicted molar refractivity (Wildman–Crippen MR) is 82.4 cm³/mol. The number of hydrogen-bond donors (Lipinski definition) is 0. The van der Waals surface area contributed by atoms with E-state index in [1.807, 2.05) is 25.7 Å². The number of rotatable bonds is 1. The molecular weight excluding hydrogens is 268 g/mol. The molecule has 0 bridgehead atoms. The Morgan fingerprint density at radius 1 is 1.29 bits per heavy atom. The van der Waals surface area contributed by atoms with Gasteiger partial charge in [0.15, 0.2) is 0 Å². The number of ether oxygens (including phenoxy) is 2. The third-order valence-electron chi connectivity index (χ3n) is 4.02. The topological polar surface area (TPSA) is 42.0 Å². The van der Waals surface area contributed by atoms with Crippen LogP contribution in [0.15, 0.2) is 0 Å². The summed E-state index contributed by atoms with van der Waals surface area (Å²) >= 11 is 0. The smallest absolute Gasteiger partial charge is 0.410 e. The first kappa shape index (κ1) is 16.6. The number of carbonyl (C=O) groups is 1. The van der Waals surface area contributed by atoms with Gasteiger partial charge in [0, 0.05) is 32.2 Å². The molecule has 0 aromatic heterocycles. The average molecular weight is 298 g/mol. The summed E-state index contributed by atoms with van der Waals surface area (Å²) in [5, 5.41) is 0. The minimum atomic E-state index is -0.426. The van der Waals surface area contributed by atoms with Gasteiger partial charge in [0.05, 0.1) is 12.2 Å². The molecule has 0 unspecified atom stereocenters. The molecule has 1 amide bonds. The Morgan fingerprint density at radius 3 is 2.62 bits per heavy atom. The third-order valence-corrected chi connectivity index (χ3v) is 4.02. The Labute approximate surface area is 128 Å². The largest absolute Gasteiger partial charge is 0.444 e. The third kappa shape index (κ3) is 4.85. The Balaban J connectivity index is 1.93. The van der Waals surface area contributed by atoms with Crippen molar-refractivity contribution in [2.24, 2.45) is 0 Å². The van der Waals surface area contributed by atoms with Crippen LogP contribution in [0.4, 0.5) is 4.79 Å². The fourth-order valence-corrected chi connectivity index (χ4v) is 3.11. The van der Waals surface area contributed by atoms with Gasteiger partial charge >= 0.3 is 6.09 Å². The van der Waals surface area contributed by atoms with E-state index < -0.39 is 5.60 Å². The molecule has 0 aromatic carbocycles. The van der Waals surface area contributed by atoms with Crippen molar-refractivity contribution < 1.29 is 14.3 Å². The highest BCUT2D eigenvalue weighted by Crippen LogP contribution is 2.24. The number of carbonyl (C=O) groups excluding carboxylic acids is 1. The first-order chi connectivity index (χ1) is 9.66. The van der Waals surface area contributed by atoms with Gasteiger partial charge in [-0.15, -0.1) is 0 Å². The highest BCUT2D eigenvalue weighted by Gasteiger charge is 2.35. The molecule has 21 heavy (non-hydrogen) atoms. The van der Waals surface area contributed by atoms with Gasteiger partial charge in [0.25, 0.3) is 0 Å². The number of nitrogens with zero attached hydrogens (tertiary/aromatic N) is 2. The van der Waals surface area contributed by atoms with Crippen LogP contribution in [0.25, 0.3) is 0 Å². The molecule has 2 aliphatic heterocycles. The fraction of sp³-hybridized carbons (Fsp3) is 0.938. The molecule has 5 nitrogen and oxygen atoms in total. The van der Waals surface area contributed by atoms with E-state index in [1.54, 1.807) is 0 Å². The molecule has 0 aliphatic carbocycles. The summed E-state index contributed by atoms with van der Waals surface area (Å²) in [6.45, 7) is 14.2. The van der Waals surface area contributed by atoms with Crippen molar-refractivity contribution in [2.75, 3.05) is 32.8 Å². The second-order valence-corrected chi connectivity index (χ2v) is 7.80. The molecule has 1 atom stereocenters. The second kappa shape index (κ2) is 6.13. The van der Waals surface area contributed by atoms with Crippen LogP contribution in [0, 0.1) is 0 Å². The monoisotopic (exact) mass is 298 g/mol. The maximum Gasteiger partial charge on any atom is 0.410 e. The van der Waals surface area contributed by atoms with Crippen molar-refractivity contribution >= 4 is 6.09 Å².